The lowest BCUT2D eigenvalue weighted by molar-refractivity contribution is -0.0856. The quantitative estimate of drug-likeness (QED) is 0.785. The van der Waals surface area contributed by atoms with Crippen LogP contribution in [0.5, 0.6) is 0 Å². The third-order valence-electron chi connectivity index (χ3n) is 6.08. The van der Waals surface area contributed by atoms with Crippen LogP contribution in [-0.2, 0) is 4.74 Å². The molecule has 4 fully saturated rings. The lowest BCUT2D eigenvalue weighted by atomic mass is 9.71. The van der Waals surface area contributed by atoms with E-state index in [0.29, 0.717) is 22.7 Å². The SMILES string of the molecule is CC1(C)C[C@H]2C[C@@H]3[C@@H](O)OC[C@@H]3[C@@]2(C=C2SCCCS2)C1. The van der Waals surface area contributed by atoms with E-state index in [9.17, 15) is 5.11 Å². The first-order valence-corrected chi connectivity index (χ1v) is 10.3. The Kier molecular flexibility index (Phi) is 3.68. The van der Waals surface area contributed by atoms with Crippen LogP contribution in [0.25, 0.3) is 0 Å². The molecule has 2 aliphatic heterocycles. The summed E-state index contributed by atoms with van der Waals surface area (Å²) in [5, 5.41) is 10.2. The molecular weight excluding hydrogens is 300 g/mol. The van der Waals surface area contributed by atoms with Crippen LogP contribution in [0.4, 0.5) is 0 Å². The van der Waals surface area contributed by atoms with E-state index in [1.807, 2.05) is 23.5 Å². The average Bonchev–Trinajstić information content (AvgIpc) is 2.99. The summed E-state index contributed by atoms with van der Waals surface area (Å²) in [4.78, 5) is 0. The van der Waals surface area contributed by atoms with Crippen LogP contribution in [0.3, 0.4) is 0 Å². The standard InChI is InChI=1S/C17H26O2S2/c1-16(2)7-11-6-12-13(9-19-15(12)18)17(11,10-16)8-14-20-4-3-5-21-14/h8,11-13,15,18H,3-7,9-10H2,1-2H3/t11-,12+,13+,15+,17+/m1/s1. The van der Waals surface area contributed by atoms with Crippen molar-refractivity contribution in [3.63, 3.8) is 0 Å². The molecule has 4 heteroatoms. The highest BCUT2D eigenvalue weighted by Crippen LogP contribution is 2.68. The Morgan fingerprint density at radius 1 is 1.29 bits per heavy atom. The summed E-state index contributed by atoms with van der Waals surface area (Å²) >= 11 is 4.10. The number of allylic oxidation sites excluding steroid dienone is 1. The average molecular weight is 327 g/mol. The molecule has 118 valence electrons. The summed E-state index contributed by atoms with van der Waals surface area (Å²) in [5.41, 5.74) is 0.725. The van der Waals surface area contributed by atoms with Crippen LogP contribution in [0.15, 0.2) is 10.3 Å². The minimum Gasteiger partial charge on any atom is -0.368 e. The lowest BCUT2D eigenvalue weighted by Gasteiger charge is -2.34. The fourth-order valence-electron chi connectivity index (χ4n) is 5.47. The van der Waals surface area contributed by atoms with Gasteiger partial charge in [0.2, 0.25) is 0 Å². The minimum absolute atomic E-state index is 0.290. The number of fused-ring (bicyclic) bond motifs is 3. The zero-order valence-corrected chi connectivity index (χ0v) is 14.6. The molecule has 4 aliphatic rings. The van der Waals surface area contributed by atoms with Crippen molar-refractivity contribution in [2.24, 2.45) is 28.6 Å². The molecule has 0 radical (unpaired) electrons. The second-order valence-corrected chi connectivity index (χ2v) is 10.6. The molecular formula is C17H26O2S2. The normalized spacial score (nSPS) is 48.2. The second kappa shape index (κ2) is 5.19. The molecule has 0 aromatic heterocycles. The molecule has 0 amide bonds. The van der Waals surface area contributed by atoms with Crippen molar-refractivity contribution in [3.05, 3.63) is 10.3 Å². The van der Waals surface area contributed by atoms with Gasteiger partial charge in [-0.05, 0) is 59.9 Å². The van der Waals surface area contributed by atoms with Crippen molar-refractivity contribution < 1.29 is 9.84 Å². The molecule has 0 bridgehead atoms. The van der Waals surface area contributed by atoms with Crippen LogP contribution in [-0.4, -0.2) is 29.5 Å². The van der Waals surface area contributed by atoms with Gasteiger partial charge in [-0.15, -0.1) is 23.5 Å². The zero-order valence-electron chi connectivity index (χ0n) is 13.0. The van der Waals surface area contributed by atoms with Gasteiger partial charge in [0.05, 0.1) is 6.61 Å². The molecule has 0 aromatic carbocycles. The van der Waals surface area contributed by atoms with Gasteiger partial charge < -0.3 is 9.84 Å². The third kappa shape index (κ3) is 2.41. The van der Waals surface area contributed by atoms with Gasteiger partial charge in [0, 0.05) is 10.2 Å². The number of ether oxygens (including phenoxy) is 1. The Bertz CT molecular complexity index is 454. The number of hydrogen-bond acceptors (Lipinski definition) is 4. The van der Waals surface area contributed by atoms with Crippen molar-refractivity contribution in [3.8, 4) is 0 Å². The van der Waals surface area contributed by atoms with Crippen LogP contribution < -0.4 is 0 Å². The lowest BCUT2D eigenvalue weighted by Crippen LogP contribution is -2.30. The maximum atomic E-state index is 10.2. The van der Waals surface area contributed by atoms with E-state index in [4.69, 9.17) is 4.74 Å². The molecule has 2 heterocycles. The zero-order chi connectivity index (χ0) is 14.7. The van der Waals surface area contributed by atoms with Gasteiger partial charge in [0.1, 0.15) is 0 Å². The molecule has 1 N–H and O–H groups in total. The number of aliphatic hydroxyl groups excluding tert-OH is 1. The van der Waals surface area contributed by atoms with Crippen LogP contribution in [0.1, 0.15) is 39.5 Å². The van der Waals surface area contributed by atoms with E-state index in [1.165, 1.54) is 30.8 Å². The van der Waals surface area contributed by atoms with E-state index >= 15 is 0 Å². The molecule has 5 atom stereocenters. The minimum atomic E-state index is -0.509. The molecule has 2 saturated heterocycles. The summed E-state index contributed by atoms with van der Waals surface area (Å²) < 4.78 is 7.17. The van der Waals surface area contributed by atoms with Crippen molar-refractivity contribution in [2.45, 2.75) is 45.8 Å². The van der Waals surface area contributed by atoms with E-state index in [-0.39, 0.29) is 0 Å². The first-order chi connectivity index (χ1) is 10.0. The Labute approximate surface area is 136 Å². The molecule has 4 rings (SSSR count). The van der Waals surface area contributed by atoms with Gasteiger partial charge >= 0.3 is 0 Å². The third-order valence-corrected chi connectivity index (χ3v) is 8.58. The van der Waals surface area contributed by atoms with Crippen molar-refractivity contribution in [1.82, 2.24) is 0 Å². The molecule has 0 unspecified atom stereocenters. The molecule has 21 heavy (non-hydrogen) atoms. The molecule has 0 aromatic rings. The van der Waals surface area contributed by atoms with Crippen LogP contribution in [0.2, 0.25) is 0 Å². The predicted molar refractivity (Wildman–Crippen MR) is 90.1 cm³/mol. The smallest absolute Gasteiger partial charge is 0.157 e. The maximum absolute atomic E-state index is 10.2. The van der Waals surface area contributed by atoms with Crippen LogP contribution in [0, 0.1) is 28.6 Å². The van der Waals surface area contributed by atoms with Crippen molar-refractivity contribution in [1.29, 1.82) is 0 Å². The molecule has 2 aliphatic carbocycles. The highest BCUT2D eigenvalue weighted by Gasteiger charge is 2.63. The van der Waals surface area contributed by atoms with E-state index in [2.05, 4.69) is 19.9 Å². The van der Waals surface area contributed by atoms with Gasteiger partial charge in [-0.3, -0.25) is 0 Å². The maximum Gasteiger partial charge on any atom is 0.157 e. The van der Waals surface area contributed by atoms with Gasteiger partial charge in [0.15, 0.2) is 6.29 Å². The highest BCUT2D eigenvalue weighted by atomic mass is 32.2. The summed E-state index contributed by atoms with van der Waals surface area (Å²) in [6.45, 7) is 5.61. The molecule has 0 spiro atoms. The predicted octanol–water partition coefficient (Wildman–Crippen LogP) is 4.11. The van der Waals surface area contributed by atoms with Crippen molar-refractivity contribution in [2.75, 3.05) is 18.1 Å². The highest BCUT2D eigenvalue weighted by molar-refractivity contribution is 8.22. The fraction of sp³-hybridized carbons (Fsp3) is 0.882. The molecule has 2 saturated carbocycles. The topological polar surface area (TPSA) is 29.5 Å². The summed E-state index contributed by atoms with van der Waals surface area (Å²) in [5.74, 6) is 4.21. The largest absolute Gasteiger partial charge is 0.368 e. The van der Waals surface area contributed by atoms with Gasteiger partial charge in [0.25, 0.3) is 0 Å². The summed E-state index contributed by atoms with van der Waals surface area (Å²) in [6.07, 6.45) is 7.20. The van der Waals surface area contributed by atoms with Gasteiger partial charge in [-0.25, -0.2) is 0 Å². The Morgan fingerprint density at radius 2 is 2.05 bits per heavy atom. The Hall–Kier alpha value is 0.360. The number of aliphatic hydroxyl groups is 1. The molecule has 2 nitrogen and oxygen atoms in total. The van der Waals surface area contributed by atoms with Crippen molar-refractivity contribution >= 4 is 23.5 Å². The number of thioether (sulfide) groups is 2. The number of hydrogen-bond donors (Lipinski definition) is 1. The van der Waals surface area contributed by atoms with Crippen LogP contribution >= 0.6 is 23.5 Å². The Balaban J connectivity index is 1.70. The monoisotopic (exact) mass is 326 g/mol. The van der Waals surface area contributed by atoms with E-state index in [1.54, 1.807) is 4.24 Å². The van der Waals surface area contributed by atoms with Gasteiger partial charge in [-0.2, -0.15) is 0 Å². The first-order valence-electron chi connectivity index (χ1n) is 8.28. The first kappa shape index (κ1) is 14.9. The summed E-state index contributed by atoms with van der Waals surface area (Å²) in [7, 11) is 0. The van der Waals surface area contributed by atoms with E-state index < -0.39 is 6.29 Å². The summed E-state index contributed by atoms with van der Waals surface area (Å²) in [6, 6.07) is 0. The number of rotatable bonds is 1. The van der Waals surface area contributed by atoms with Gasteiger partial charge in [-0.1, -0.05) is 19.9 Å². The fourth-order valence-corrected chi connectivity index (χ4v) is 8.08. The second-order valence-electron chi connectivity index (χ2n) is 8.10. The van der Waals surface area contributed by atoms with E-state index in [0.717, 1.165) is 18.9 Å². The Morgan fingerprint density at radius 3 is 2.81 bits per heavy atom.